The first-order chi connectivity index (χ1) is 11.7. The van der Waals surface area contributed by atoms with Crippen LogP contribution in [0.25, 0.3) is 0 Å². The molecule has 0 fully saturated rings. The Morgan fingerprint density at radius 3 is 1.80 bits per heavy atom. The molecule has 0 radical (unpaired) electrons. The molecule has 3 rings (SSSR count). The minimum absolute atomic E-state index is 0. The average molecular weight is 358 g/mol. The monoisotopic (exact) mass is 358 g/mol. The van der Waals surface area contributed by atoms with Gasteiger partial charge in [-0.1, -0.05) is 72.8 Å². The zero-order chi connectivity index (χ0) is 16.9. The van der Waals surface area contributed by atoms with Gasteiger partial charge in [-0.3, -0.25) is 0 Å². The predicted octanol–water partition coefficient (Wildman–Crippen LogP) is -1.18. The number of carboxylic acids is 1. The number of benzene rings is 3. The van der Waals surface area contributed by atoms with E-state index in [0.29, 0.717) is 5.75 Å². The molecule has 0 bridgehead atoms. The number of carboxylic acid groups (broad SMARTS) is 1. The molecule has 0 atom stereocenters. The Morgan fingerprint density at radius 2 is 1.36 bits per heavy atom. The fourth-order valence-electron chi connectivity index (χ4n) is 2.66. The fourth-order valence-corrected chi connectivity index (χ4v) is 5.12. The third kappa shape index (κ3) is 4.31. The van der Waals surface area contributed by atoms with Crippen molar-refractivity contribution in [2.75, 3.05) is 7.11 Å². The fraction of sp³-hybridized carbons (Fsp3) is 0.0500. The topological polar surface area (TPSA) is 49.4 Å². The maximum Gasteiger partial charge on any atom is 1.00 e. The summed E-state index contributed by atoms with van der Waals surface area (Å²) in [5, 5.41) is 14.7. The minimum Gasteiger partial charge on any atom is -0.545 e. The molecule has 3 aromatic rings. The molecule has 3 nitrogen and oxygen atoms in total. The van der Waals surface area contributed by atoms with Crippen molar-refractivity contribution in [1.82, 2.24) is 0 Å². The summed E-state index contributed by atoms with van der Waals surface area (Å²) in [5.41, 5.74) is 0.124. The van der Waals surface area contributed by atoms with Crippen LogP contribution in [0.5, 0.6) is 5.75 Å². The van der Waals surface area contributed by atoms with Crippen LogP contribution in [0.15, 0.2) is 78.9 Å². The second-order valence-electron chi connectivity index (χ2n) is 5.15. The van der Waals surface area contributed by atoms with Crippen LogP contribution >= 0.6 is 7.92 Å². The molecular formula is C20H16NaO3P. The molecule has 0 spiro atoms. The van der Waals surface area contributed by atoms with Crippen LogP contribution in [-0.2, 0) is 0 Å². The summed E-state index contributed by atoms with van der Waals surface area (Å²) in [5.74, 6) is -0.895. The Bertz CT molecular complexity index is 799. The average Bonchev–Trinajstić information content (AvgIpc) is 2.63. The van der Waals surface area contributed by atoms with Crippen LogP contribution in [0.4, 0.5) is 0 Å². The number of rotatable bonds is 5. The van der Waals surface area contributed by atoms with E-state index < -0.39 is 13.9 Å². The molecule has 0 amide bonds. The molecule has 0 aliphatic rings. The van der Waals surface area contributed by atoms with Crippen molar-refractivity contribution < 1.29 is 44.2 Å². The zero-order valence-electron chi connectivity index (χ0n) is 14.2. The van der Waals surface area contributed by atoms with Crippen molar-refractivity contribution in [3.05, 3.63) is 84.4 Å². The Kier molecular flexibility index (Phi) is 7.22. The van der Waals surface area contributed by atoms with Gasteiger partial charge in [0.15, 0.2) is 0 Å². The van der Waals surface area contributed by atoms with E-state index in [1.165, 1.54) is 7.11 Å². The quantitative estimate of drug-likeness (QED) is 0.426. The van der Waals surface area contributed by atoms with Gasteiger partial charge in [-0.25, -0.2) is 0 Å². The Labute approximate surface area is 170 Å². The van der Waals surface area contributed by atoms with Crippen LogP contribution in [0.1, 0.15) is 10.4 Å². The van der Waals surface area contributed by atoms with Gasteiger partial charge in [0.25, 0.3) is 0 Å². The van der Waals surface area contributed by atoms with Crippen LogP contribution in [0, 0.1) is 0 Å². The molecule has 0 heterocycles. The van der Waals surface area contributed by atoms with E-state index in [-0.39, 0.29) is 35.1 Å². The molecule has 0 aromatic heterocycles. The van der Waals surface area contributed by atoms with Gasteiger partial charge in [0.05, 0.1) is 13.1 Å². The van der Waals surface area contributed by atoms with Crippen molar-refractivity contribution in [3.63, 3.8) is 0 Å². The van der Waals surface area contributed by atoms with Crippen molar-refractivity contribution in [2.24, 2.45) is 0 Å². The largest absolute Gasteiger partial charge is 1.00 e. The summed E-state index contributed by atoms with van der Waals surface area (Å²) >= 11 is 0. The minimum atomic E-state index is -1.22. The zero-order valence-corrected chi connectivity index (χ0v) is 17.1. The van der Waals surface area contributed by atoms with Crippen molar-refractivity contribution in [3.8, 4) is 5.75 Å². The molecule has 0 saturated carbocycles. The molecular weight excluding hydrogens is 342 g/mol. The van der Waals surface area contributed by atoms with E-state index >= 15 is 0 Å². The van der Waals surface area contributed by atoms with Gasteiger partial charge in [-0.2, -0.15) is 0 Å². The number of ether oxygens (including phenoxy) is 1. The summed E-state index contributed by atoms with van der Waals surface area (Å²) in [6.45, 7) is 0. The van der Waals surface area contributed by atoms with E-state index in [2.05, 4.69) is 0 Å². The summed E-state index contributed by atoms with van der Waals surface area (Å²) in [6.07, 6.45) is 0. The van der Waals surface area contributed by atoms with Crippen LogP contribution in [-0.4, -0.2) is 13.1 Å². The Morgan fingerprint density at radius 1 is 0.840 bits per heavy atom. The predicted molar refractivity (Wildman–Crippen MR) is 96.0 cm³/mol. The van der Waals surface area contributed by atoms with Crippen LogP contribution in [0.3, 0.4) is 0 Å². The van der Waals surface area contributed by atoms with Gasteiger partial charge in [0.1, 0.15) is 5.75 Å². The van der Waals surface area contributed by atoms with Gasteiger partial charge >= 0.3 is 29.6 Å². The van der Waals surface area contributed by atoms with Gasteiger partial charge in [0.2, 0.25) is 0 Å². The summed E-state index contributed by atoms with van der Waals surface area (Å²) in [7, 11) is 0.449. The molecule has 0 saturated heterocycles. The first-order valence-corrected chi connectivity index (χ1v) is 8.85. The third-order valence-electron chi connectivity index (χ3n) is 3.70. The number of hydrogen-bond donors (Lipinski definition) is 0. The third-order valence-corrected chi connectivity index (χ3v) is 6.18. The molecule has 0 aliphatic heterocycles. The molecule has 5 heteroatoms. The second-order valence-corrected chi connectivity index (χ2v) is 7.33. The molecule has 0 unspecified atom stereocenters. The standard InChI is InChI=1S/C20H17O3P.Na/c1-23-17-13-8-14-18(19(17)20(21)22)24(15-9-4-2-5-10-15)16-11-6-3-7-12-16;/h2-14H,1H3,(H,21,22);/q;+1/p-1. The van der Waals surface area contributed by atoms with E-state index in [0.717, 1.165) is 15.9 Å². The van der Waals surface area contributed by atoms with Crippen LogP contribution in [0.2, 0.25) is 0 Å². The normalized spacial score (nSPS) is 10.2. The number of methoxy groups -OCH3 is 1. The second kappa shape index (κ2) is 9.17. The molecule has 25 heavy (non-hydrogen) atoms. The molecule has 0 N–H and O–H groups in total. The van der Waals surface area contributed by atoms with E-state index in [1.807, 2.05) is 72.8 Å². The van der Waals surface area contributed by atoms with Gasteiger partial charge in [-0.15, -0.1) is 0 Å². The summed E-state index contributed by atoms with van der Waals surface area (Å²) in [4.78, 5) is 11.8. The summed E-state index contributed by atoms with van der Waals surface area (Å²) in [6, 6.07) is 25.2. The van der Waals surface area contributed by atoms with Gasteiger partial charge in [0, 0.05) is 5.56 Å². The molecule has 3 aromatic carbocycles. The number of aromatic carboxylic acids is 1. The van der Waals surface area contributed by atoms with Crippen molar-refractivity contribution in [1.29, 1.82) is 0 Å². The molecule has 0 aliphatic carbocycles. The van der Waals surface area contributed by atoms with E-state index in [1.54, 1.807) is 6.07 Å². The Balaban J connectivity index is 0.00000225. The first kappa shape index (κ1) is 19.7. The SMILES string of the molecule is COc1cccc(P(c2ccccc2)c2ccccc2)c1C(=O)[O-].[Na+]. The van der Waals surface area contributed by atoms with E-state index in [9.17, 15) is 9.90 Å². The van der Waals surface area contributed by atoms with Crippen LogP contribution < -0.4 is 55.3 Å². The Hall–Kier alpha value is -1.64. The number of carbonyl (C=O) groups excluding carboxylic acids is 1. The van der Waals surface area contributed by atoms with Crippen molar-refractivity contribution >= 4 is 29.8 Å². The maximum absolute atomic E-state index is 11.8. The number of carbonyl (C=O) groups is 1. The number of hydrogen-bond acceptors (Lipinski definition) is 3. The first-order valence-electron chi connectivity index (χ1n) is 7.51. The van der Waals surface area contributed by atoms with Gasteiger partial charge in [-0.05, 0) is 29.9 Å². The van der Waals surface area contributed by atoms with Crippen molar-refractivity contribution in [2.45, 2.75) is 0 Å². The molecule has 120 valence electrons. The smallest absolute Gasteiger partial charge is 0.545 e. The summed E-state index contributed by atoms with van der Waals surface area (Å²) < 4.78 is 5.26. The van der Waals surface area contributed by atoms with Gasteiger partial charge < -0.3 is 14.6 Å². The maximum atomic E-state index is 11.8. The van der Waals surface area contributed by atoms with E-state index in [4.69, 9.17) is 4.74 Å².